The van der Waals surface area contributed by atoms with Crippen LogP contribution in [-0.2, 0) is 0 Å². The molecule has 2 aromatic heterocycles. The van der Waals surface area contributed by atoms with Crippen LogP contribution in [-0.4, -0.2) is 26.1 Å². The molecular formula is C10H12N6OS. The SMILES string of the molecule is CC(C)c1ncc(N)c(C(=O)Nc2nncs2)n1. The number of nitrogens with two attached hydrogens (primary N) is 1. The Balaban J connectivity index is 2.26. The molecule has 0 bridgehead atoms. The van der Waals surface area contributed by atoms with Crippen LogP contribution in [0.4, 0.5) is 10.8 Å². The second-order valence-electron chi connectivity index (χ2n) is 3.88. The maximum Gasteiger partial charge on any atom is 0.278 e. The van der Waals surface area contributed by atoms with Crippen molar-refractivity contribution >= 4 is 28.1 Å². The van der Waals surface area contributed by atoms with E-state index in [1.54, 1.807) is 0 Å². The van der Waals surface area contributed by atoms with Gasteiger partial charge in [0.05, 0.1) is 11.9 Å². The highest BCUT2D eigenvalue weighted by Crippen LogP contribution is 2.16. The molecule has 2 heterocycles. The highest BCUT2D eigenvalue weighted by molar-refractivity contribution is 7.13. The zero-order valence-corrected chi connectivity index (χ0v) is 10.7. The first-order chi connectivity index (χ1) is 8.58. The average molecular weight is 264 g/mol. The third-order valence-electron chi connectivity index (χ3n) is 2.15. The first kappa shape index (κ1) is 12.4. The fourth-order valence-corrected chi connectivity index (χ4v) is 1.69. The summed E-state index contributed by atoms with van der Waals surface area (Å²) in [5.41, 5.74) is 7.62. The van der Waals surface area contributed by atoms with E-state index in [2.05, 4.69) is 25.5 Å². The molecule has 7 nitrogen and oxygen atoms in total. The van der Waals surface area contributed by atoms with Crippen LogP contribution in [0.3, 0.4) is 0 Å². The summed E-state index contributed by atoms with van der Waals surface area (Å²) in [6, 6.07) is 0. The third kappa shape index (κ3) is 2.59. The first-order valence-electron chi connectivity index (χ1n) is 5.28. The van der Waals surface area contributed by atoms with E-state index >= 15 is 0 Å². The Kier molecular flexibility index (Phi) is 3.47. The van der Waals surface area contributed by atoms with E-state index in [1.807, 2.05) is 13.8 Å². The van der Waals surface area contributed by atoms with Crippen LogP contribution in [0, 0.1) is 0 Å². The van der Waals surface area contributed by atoms with Crippen LogP contribution in [0.25, 0.3) is 0 Å². The Labute approximate surface area is 107 Å². The van der Waals surface area contributed by atoms with E-state index in [1.165, 1.54) is 23.0 Å². The van der Waals surface area contributed by atoms with Gasteiger partial charge in [0.2, 0.25) is 5.13 Å². The van der Waals surface area contributed by atoms with E-state index in [9.17, 15) is 4.79 Å². The summed E-state index contributed by atoms with van der Waals surface area (Å²) in [6.45, 7) is 3.88. The molecule has 8 heteroatoms. The third-order valence-corrected chi connectivity index (χ3v) is 2.75. The Hall–Kier alpha value is -2.09. The molecule has 0 aliphatic carbocycles. The number of anilines is 2. The molecule has 0 aliphatic heterocycles. The van der Waals surface area contributed by atoms with Gasteiger partial charge in [-0.1, -0.05) is 25.2 Å². The van der Waals surface area contributed by atoms with Crippen LogP contribution in [0.5, 0.6) is 0 Å². The van der Waals surface area contributed by atoms with Crippen LogP contribution in [0.2, 0.25) is 0 Å². The molecule has 0 fully saturated rings. The summed E-state index contributed by atoms with van der Waals surface area (Å²) >= 11 is 1.22. The summed E-state index contributed by atoms with van der Waals surface area (Å²) in [4.78, 5) is 20.2. The first-order valence-corrected chi connectivity index (χ1v) is 6.16. The van der Waals surface area contributed by atoms with Gasteiger partial charge in [-0.25, -0.2) is 9.97 Å². The Morgan fingerprint density at radius 1 is 1.50 bits per heavy atom. The van der Waals surface area contributed by atoms with Gasteiger partial charge in [0.15, 0.2) is 5.69 Å². The lowest BCUT2D eigenvalue weighted by molar-refractivity contribution is 0.102. The van der Waals surface area contributed by atoms with Crippen molar-refractivity contribution in [2.45, 2.75) is 19.8 Å². The molecule has 0 saturated heterocycles. The minimum absolute atomic E-state index is 0.124. The van der Waals surface area contributed by atoms with Crippen molar-refractivity contribution in [3.05, 3.63) is 23.2 Å². The van der Waals surface area contributed by atoms with Gasteiger partial charge < -0.3 is 5.73 Å². The minimum Gasteiger partial charge on any atom is -0.396 e. The van der Waals surface area contributed by atoms with Crippen molar-refractivity contribution < 1.29 is 4.79 Å². The largest absolute Gasteiger partial charge is 0.396 e. The number of nitrogen functional groups attached to an aromatic ring is 1. The zero-order valence-electron chi connectivity index (χ0n) is 9.91. The van der Waals surface area contributed by atoms with Gasteiger partial charge in [0.1, 0.15) is 11.3 Å². The summed E-state index contributed by atoms with van der Waals surface area (Å²) in [5, 5.41) is 10.3. The fourth-order valence-electron chi connectivity index (χ4n) is 1.25. The monoisotopic (exact) mass is 264 g/mol. The van der Waals surface area contributed by atoms with Gasteiger partial charge in [0.25, 0.3) is 5.91 Å². The highest BCUT2D eigenvalue weighted by atomic mass is 32.1. The molecule has 3 N–H and O–H groups in total. The van der Waals surface area contributed by atoms with Crippen molar-refractivity contribution in [3.8, 4) is 0 Å². The second-order valence-corrected chi connectivity index (χ2v) is 4.72. The molecule has 0 unspecified atom stereocenters. The standard InChI is InChI=1S/C10H12N6OS/c1-5(2)8-12-3-6(11)7(14-8)9(17)15-10-16-13-4-18-10/h3-5H,11H2,1-2H3,(H,15,16,17). The maximum absolute atomic E-state index is 12.0. The predicted molar refractivity (Wildman–Crippen MR) is 68.4 cm³/mol. The molecule has 0 aromatic carbocycles. The summed E-state index contributed by atoms with van der Waals surface area (Å²) in [5.74, 6) is 0.291. The van der Waals surface area contributed by atoms with Crippen molar-refractivity contribution in [3.63, 3.8) is 0 Å². The number of carbonyl (C=O) groups is 1. The van der Waals surface area contributed by atoms with E-state index in [0.29, 0.717) is 11.0 Å². The van der Waals surface area contributed by atoms with Crippen LogP contribution < -0.4 is 11.1 Å². The quantitative estimate of drug-likeness (QED) is 0.865. The number of hydrogen-bond acceptors (Lipinski definition) is 7. The van der Waals surface area contributed by atoms with E-state index in [4.69, 9.17) is 5.73 Å². The van der Waals surface area contributed by atoms with Gasteiger partial charge in [-0.05, 0) is 0 Å². The summed E-state index contributed by atoms with van der Waals surface area (Å²) < 4.78 is 0. The van der Waals surface area contributed by atoms with Gasteiger partial charge in [0, 0.05) is 5.92 Å². The molecule has 0 spiro atoms. The van der Waals surface area contributed by atoms with Crippen molar-refractivity contribution in [2.75, 3.05) is 11.1 Å². The number of hydrogen-bond donors (Lipinski definition) is 2. The highest BCUT2D eigenvalue weighted by Gasteiger charge is 2.16. The second kappa shape index (κ2) is 5.05. The lowest BCUT2D eigenvalue weighted by atomic mass is 10.2. The molecule has 2 rings (SSSR count). The smallest absolute Gasteiger partial charge is 0.278 e. The van der Waals surface area contributed by atoms with Crippen molar-refractivity contribution in [1.29, 1.82) is 0 Å². The van der Waals surface area contributed by atoms with Gasteiger partial charge in [-0.2, -0.15) is 0 Å². The lowest BCUT2D eigenvalue weighted by Gasteiger charge is -2.08. The van der Waals surface area contributed by atoms with Gasteiger partial charge in [-0.15, -0.1) is 10.2 Å². The Morgan fingerprint density at radius 3 is 2.89 bits per heavy atom. The van der Waals surface area contributed by atoms with Crippen molar-refractivity contribution in [2.24, 2.45) is 0 Å². The topological polar surface area (TPSA) is 107 Å². The molecule has 1 amide bonds. The number of nitrogens with one attached hydrogen (secondary N) is 1. The number of amides is 1. The molecule has 0 atom stereocenters. The summed E-state index contributed by atoms with van der Waals surface area (Å²) in [7, 11) is 0. The number of carbonyl (C=O) groups excluding carboxylic acids is 1. The average Bonchev–Trinajstić information content (AvgIpc) is 2.81. The predicted octanol–water partition coefficient (Wildman–Crippen LogP) is 1.29. The molecular weight excluding hydrogens is 252 g/mol. The normalized spacial score (nSPS) is 10.6. The number of rotatable bonds is 3. The van der Waals surface area contributed by atoms with E-state index in [0.717, 1.165) is 0 Å². The number of aromatic nitrogens is 4. The molecule has 2 aromatic rings. The van der Waals surface area contributed by atoms with Crippen LogP contribution in [0.1, 0.15) is 36.1 Å². The van der Waals surface area contributed by atoms with Gasteiger partial charge >= 0.3 is 0 Å². The van der Waals surface area contributed by atoms with Gasteiger partial charge in [-0.3, -0.25) is 10.1 Å². The van der Waals surface area contributed by atoms with Crippen LogP contribution >= 0.6 is 11.3 Å². The summed E-state index contributed by atoms with van der Waals surface area (Å²) in [6.07, 6.45) is 1.44. The zero-order chi connectivity index (χ0) is 13.1. The molecule has 0 aliphatic rings. The van der Waals surface area contributed by atoms with E-state index < -0.39 is 5.91 Å². The molecule has 0 radical (unpaired) electrons. The lowest BCUT2D eigenvalue weighted by Crippen LogP contribution is -2.17. The van der Waals surface area contributed by atoms with E-state index in [-0.39, 0.29) is 17.3 Å². The Morgan fingerprint density at radius 2 is 2.28 bits per heavy atom. The maximum atomic E-state index is 12.0. The molecule has 0 saturated carbocycles. The molecule has 18 heavy (non-hydrogen) atoms. The number of nitrogens with zero attached hydrogens (tertiary/aromatic N) is 4. The van der Waals surface area contributed by atoms with Crippen molar-refractivity contribution in [1.82, 2.24) is 20.2 Å². The minimum atomic E-state index is -0.409. The fraction of sp³-hybridized carbons (Fsp3) is 0.300. The van der Waals surface area contributed by atoms with Crippen LogP contribution in [0.15, 0.2) is 11.7 Å². The molecule has 94 valence electrons. The Bertz CT molecular complexity index is 554.